The van der Waals surface area contributed by atoms with Crippen molar-refractivity contribution in [2.24, 2.45) is 0 Å². The minimum atomic E-state index is 0.255. The minimum absolute atomic E-state index is 0.255. The summed E-state index contributed by atoms with van der Waals surface area (Å²) in [4.78, 5) is 0. The number of aliphatic hydroxyl groups excluding tert-OH is 1. The summed E-state index contributed by atoms with van der Waals surface area (Å²) >= 11 is 0. The molecular formula is C9H16O. The highest BCUT2D eigenvalue weighted by Gasteiger charge is 1.75. The third kappa shape index (κ3) is 7.44. The molecule has 1 heteroatoms. The van der Waals surface area contributed by atoms with Gasteiger partial charge in [-0.25, -0.2) is 0 Å². The minimum Gasteiger partial charge on any atom is -0.396 e. The Morgan fingerprint density at radius 2 is 2.00 bits per heavy atom. The maximum Gasteiger partial charge on any atom is 0.0465 e. The molecule has 0 saturated carbocycles. The van der Waals surface area contributed by atoms with E-state index in [1.165, 1.54) is 5.57 Å². The second-order valence-electron chi connectivity index (χ2n) is 2.50. The Morgan fingerprint density at radius 3 is 2.50 bits per heavy atom. The van der Waals surface area contributed by atoms with Crippen molar-refractivity contribution in [2.75, 3.05) is 6.61 Å². The fourth-order valence-electron chi connectivity index (χ4n) is 0.592. The van der Waals surface area contributed by atoms with Crippen molar-refractivity contribution in [1.29, 1.82) is 0 Å². The predicted molar refractivity (Wildman–Crippen MR) is 44.9 cm³/mol. The molecule has 0 saturated heterocycles. The normalized spacial score (nSPS) is 10.3. The summed E-state index contributed by atoms with van der Waals surface area (Å²) in [5, 5.41) is 8.41. The van der Waals surface area contributed by atoms with Crippen LogP contribution in [0.5, 0.6) is 0 Å². The number of hydrogen-bond acceptors (Lipinski definition) is 1. The van der Waals surface area contributed by atoms with Crippen molar-refractivity contribution in [3.63, 3.8) is 0 Å². The molecule has 0 fully saturated rings. The topological polar surface area (TPSA) is 20.2 Å². The lowest BCUT2D eigenvalue weighted by Gasteiger charge is -1.86. The number of aliphatic hydroxyl groups is 1. The average molecular weight is 140 g/mol. The van der Waals surface area contributed by atoms with Crippen LogP contribution < -0.4 is 0 Å². The Labute approximate surface area is 63.1 Å². The van der Waals surface area contributed by atoms with E-state index in [9.17, 15) is 0 Å². The SMILES string of the molecule is CC(C)=CC/C=C\CCO. The van der Waals surface area contributed by atoms with Crippen LogP contribution in [-0.4, -0.2) is 11.7 Å². The molecule has 0 spiro atoms. The number of hydrogen-bond donors (Lipinski definition) is 1. The summed E-state index contributed by atoms with van der Waals surface area (Å²) in [6, 6.07) is 0. The smallest absolute Gasteiger partial charge is 0.0465 e. The largest absolute Gasteiger partial charge is 0.396 e. The van der Waals surface area contributed by atoms with E-state index in [4.69, 9.17) is 5.11 Å². The number of rotatable bonds is 4. The van der Waals surface area contributed by atoms with Gasteiger partial charge < -0.3 is 5.11 Å². The van der Waals surface area contributed by atoms with Gasteiger partial charge in [0.1, 0.15) is 0 Å². The van der Waals surface area contributed by atoms with Crippen molar-refractivity contribution in [3.05, 3.63) is 23.8 Å². The molecule has 0 radical (unpaired) electrons. The molecule has 0 heterocycles. The maximum absolute atomic E-state index is 8.41. The third-order valence-electron chi connectivity index (χ3n) is 1.12. The summed E-state index contributed by atoms with van der Waals surface area (Å²) in [7, 11) is 0. The molecule has 1 N–H and O–H groups in total. The highest BCUT2D eigenvalue weighted by atomic mass is 16.2. The van der Waals surface area contributed by atoms with Crippen LogP contribution in [0.3, 0.4) is 0 Å². The summed E-state index contributed by atoms with van der Waals surface area (Å²) in [6.45, 7) is 4.42. The first-order valence-electron chi connectivity index (χ1n) is 3.66. The monoisotopic (exact) mass is 140 g/mol. The van der Waals surface area contributed by atoms with Crippen LogP contribution in [0.4, 0.5) is 0 Å². The molecule has 0 aliphatic rings. The Kier molecular flexibility index (Phi) is 6.19. The molecule has 0 aromatic rings. The van der Waals surface area contributed by atoms with E-state index < -0.39 is 0 Å². The quantitative estimate of drug-likeness (QED) is 0.594. The van der Waals surface area contributed by atoms with Gasteiger partial charge in [0, 0.05) is 6.61 Å². The van der Waals surface area contributed by atoms with Gasteiger partial charge in [0.2, 0.25) is 0 Å². The summed E-state index contributed by atoms with van der Waals surface area (Å²) < 4.78 is 0. The van der Waals surface area contributed by atoms with Gasteiger partial charge in [0.25, 0.3) is 0 Å². The molecule has 10 heavy (non-hydrogen) atoms. The summed E-state index contributed by atoms with van der Waals surface area (Å²) in [5.41, 5.74) is 1.34. The van der Waals surface area contributed by atoms with Crippen molar-refractivity contribution < 1.29 is 5.11 Å². The Bertz CT molecular complexity index is 119. The van der Waals surface area contributed by atoms with E-state index in [2.05, 4.69) is 26.0 Å². The molecule has 0 aromatic heterocycles. The van der Waals surface area contributed by atoms with Crippen LogP contribution in [0.15, 0.2) is 23.8 Å². The molecule has 0 rings (SSSR count). The van der Waals surface area contributed by atoms with Gasteiger partial charge in [-0.1, -0.05) is 23.8 Å². The van der Waals surface area contributed by atoms with Crippen LogP contribution >= 0.6 is 0 Å². The first kappa shape index (κ1) is 9.44. The van der Waals surface area contributed by atoms with Gasteiger partial charge in [-0.2, -0.15) is 0 Å². The molecule has 0 aromatic carbocycles. The zero-order valence-corrected chi connectivity index (χ0v) is 6.80. The zero-order chi connectivity index (χ0) is 7.82. The van der Waals surface area contributed by atoms with Crippen molar-refractivity contribution in [1.82, 2.24) is 0 Å². The van der Waals surface area contributed by atoms with Crippen LogP contribution in [0.2, 0.25) is 0 Å². The molecule has 1 nitrogen and oxygen atoms in total. The van der Waals surface area contributed by atoms with E-state index in [0.717, 1.165) is 12.8 Å². The number of allylic oxidation sites excluding steroid dienone is 3. The molecule has 0 atom stereocenters. The lowest BCUT2D eigenvalue weighted by molar-refractivity contribution is 0.302. The van der Waals surface area contributed by atoms with Crippen molar-refractivity contribution in [2.45, 2.75) is 26.7 Å². The fraction of sp³-hybridized carbons (Fsp3) is 0.556. The standard InChI is InChI=1S/C9H16O/c1-9(2)7-5-3-4-6-8-10/h3-4,7,10H,5-6,8H2,1-2H3/b4-3-. The van der Waals surface area contributed by atoms with Gasteiger partial charge in [-0.15, -0.1) is 0 Å². The predicted octanol–water partition coefficient (Wildman–Crippen LogP) is 2.28. The lowest BCUT2D eigenvalue weighted by Crippen LogP contribution is -1.74. The lowest BCUT2D eigenvalue weighted by atomic mass is 10.2. The first-order chi connectivity index (χ1) is 4.77. The second-order valence-corrected chi connectivity index (χ2v) is 2.50. The zero-order valence-electron chi connectivity index (χ0n) is 6.80. The average Bonchev–Trinajstić information content (AvgIpc) is 1.87. The molecule has 0 bridgehead atoms. The van der Waals surface area contributed by atoms with E-state index in [1.54, 1.807) is 0 Å². The van der Waals surface area contributed by atoms with E-state index >= 15 is 0 Å². The van der Waals surface area contributed by atoms with Gasteiger partial charge in [-0.3, -0.25) is 0 Å². The molecule has 0 amide bonds. The molecule has 0 aliphatic carbocycles. The van der Waals surface area contributed by atoms with Crippen LogP contribution in [0.25, 0.3) is 0 Å². The summed E-state index contributed by atoms with van der Waals surface area (Å²) in [6.07, 6.45) is 8.00. The highest BCUT2D eigenvalue weighted by Crippen LogP contribution is 1.94. The van der Waals surface area contributed by atoms with Gasteiger partial charge in [0.15, 0.2) is 0 Å². The van der Waals surface area contributed by atoms with Crippen LogP contribution in [0, 0.1) is 0 Å². The van der Waals surface area contributed by atoms with E-state index in [-0.39, 0.29) is 6.61 Å². The van der Waals surface area contributed by atoms with Gasteiger partial charge in [0.05, 0.1) is 0 Å². The van der Waals surface area contributed by atoms with Crippen molar-refractivity contribution in [3.8, 4) is 0 Å². The Balaban J connectivity index is 3.27. The van der Waals surface area contributed by atoms with E-state index in [1.807, 2.05) is 6.08 Å². The van der Waals surface area contributed by atoms with Crippen LogP contribution in [-0.2, 0) is 0 Å². The van der Waals surface area contributed by atoms with Crippen molar-refractivity contribution >= 4 is 0 Å². The molecular weight excluding hydrogens is 124 g/mol. The third-order valence-corrected chi connectivity index (χ3v) is 1.12. The van der Waals surface area contributed by atoms with Gasteiger partial charge >= 0.3 is 0 Å². The maximum atomic E-state index is 8.41. The highest BCUT2D eigenvalue weighted by molar-refractivity contribution is 4.98. The fourth-order valence-corrected chi connectivity index (χ4v) is 0.592. The Morgan fingerprint density at radius 1 is 1.30 bits per heavy atom. The summed E-state index contributed by atoms with van der Waals surface area (Å²) in [5.74, 6) is 0. The molecule has 58 valence electrons. The Hall–Kier alpha value is -0.560. The van der Waals surface area contributed by atoms with Gasteiger partial charge in [-0.05, 0) is 26.7 Å². The second kappa shape index (κ2) is 6.56. The van der Waals surface area contributed by atoms with E-state index in [0.29, 0.717) is 0 Å². The molecule has 0 aliphatic heterocycles. The molecule has 0 unspecified atom stereocenters. The van der Waals surface area contributed by atoms with Crippen LogP contribution in [0.1, 0.15) is 26.7 Å². The first-order valence-corrected chi connectivity index (χ1v) is 3.66.